The number of aromatic amines is 1. The van der Waals surface area contributed by atoms with Gasteiger partial charge in [0.05, 0.1) is 17.4 Å². The normalized spacial score (nSPS) is 16.3. The Kier molecular flexibility index (Phi) is 7.13. The van der Waals surface area contributed by atoms with Crippen LogP contribution in [0, 0.1) is 5.41 Å². The standard InChI is InChI=1S/C24H27N3S.2ClH/c1-24(2)9-7-19(8-10-24)25-13-18-14-28-23-6-4-16(11-20(18)23)17-3-5-21-22(12-17)27-15-26-21;;/h3-6,11-12,14-15,19,25H,7-10,13H2,1-2H3,(H,26,27);2*1H. The highest BCUT2D eigenvalue weighted by molar-refractivity contribution is 7.17. The molecule has 160 valence electrons. The van der Waals surface area contributed by atoms with Gasteiger partial charge in [0.2, 0.25) is 0 Å². The molecular weight excluding hydrogens is 433 g/mol. The number of imidazole rings is 1. The number of benzene rings is 2. The molecule has 0 aliphatic heterocycles. The number of hydrogen-bond donors (Lipinski definition) is 2. The Morgan fingerprint density at radius 3 is 2.60 bits per heavy atom. The lowest BCUT2D eigenvalue weighted by Gasteiger charge is -2.34. The van der Waals surface area contributed by atoms with E-state index in [-0.39, 0.29) is 24.8 Å². The van der Waals surface area contributed by atoms with E-state index in [0.29, 0.717) is 11.5 Å². The van der Waals surface area contributed by atoms with Crippen LogP contribution in [0.1, 0.15) is 45.1 Å². The maximum absolute atomic E-state index is 4.32. The third-order valence-electron chi connectivity index (χ3n) is 6.33. The van der Waals surface area contributed by atoms with Crippen LogP contribution in [0.3, 0.4) is 0 Å². The molecule has 2 N–H and O–H groups in total. The van der Waals surface area contributed by atoms with Crippen molar-refractivity contribution in [3.8, 4) is 11.1 Å². The number of nitrogens with zero attached hydrogens (tertiary/aromatic N) is 1. The number of fused-ring (bicyclic) bond motifs is 2. The van der Waals surface area contributed by atoms with Gasteiger partial charge in [0.1, 0.15) is 0 Å². The molecule has 0 unspecified atom stereocenters. The number of hydrogen-bond acceptors (Lipinski definition) is 3. The summed E-state index contributed by atoms with van der Waals surface area (Å²) < 4.78 is 1.37. The molecule has 0 amide bonds. The Balaban J connectivity index is 0.00000128. The molecule has 1 aliphatic rings. The molecule has 2 aromatic carbocycles. The zero-order valence-electron chi connectivity index (χ0n) is 17.4. The predicted octanol–water partition coefficient (Wildman–Crippen LogP) is 7.35. The molecule has 0 radical (unpaired) electrons. The van der Waals surface area contributed by atoms with Crippen LogP contribution in [0.2, 0.25) is 0 Å². The number of halogens is 2. The summed E-state index contributed by atoms with van der Waals surface area (Å²) in [5.41, 5.74) is 6.55. The molecule has 0 saturated heterocycles. The molecule has 0 bridgehead atoms. The summed E-state index contributed by atoms with van der Waals surface area (Å²) in [5, 5.41) is 7.54. The van der Waals surface area contributed by atoms with Crippen molar-refractivity contribution in [3.05, 3.63) is 53.7 Å². The van der Waals surface area contributed by atoms with Gasteiger partial charge in [-0.15, -0.1) is 36.2 Å². The SMILES string of the molecule is CC1(C)CCC(NCc2csc3ccc(-c4ccc5nc[nH]c5c4)cc23)CC1.Cl.Cl. The fraction of sp³-hybridized carbons (Fsp3) is 0.375. The molecule has 0 spiro atoms. The lowest BCUT2D eigenvalue weighted by Crippen LogP contribution is -2.35. The van der Waals surface area contributed by atoms with Crippen LogP contribution in [-0.4, -0.2) is 16.0 Å². The van der Waals surface area contributed by atoms with Gasteiger partial charge in [-0.1, -0.05) is 26.0 Å². The van der Waals surface area contributed by atoms with E-state index in [1.807, 2.05) is 11.3 Å². The van der Waals surface area contributed by atoms with Crippen molar-refractivity contribution in [1.29, 1.82) is 0 Å². The first-order valence-electron chi connectivity index (χ1n) is 10.2. The third-order valence-corrected chi connectivity index (χ3v) is 7.34. The van der Waals surface area contributed by atoms with Crippen LogP contribution in [0.15, 0.2) is 48.1 Å². The first-order valence-corrected chi connectivity index (χ1v) is 11.1. The molecule has 30 heavy (non-hydrogen) atoms. The first-order chi connectivity index (χ1) is 13.6. The van der Waals surface area contributed by atoms with Crippen molar-refractivity contribution in [2.75, 3.05) is 0 Å². The third kappa shape index (κ3) is 4.67. The number of rotatable bonds is 4. The first kappa shape index (κ1) is 23.1. The van der Waals surface area contributed by atoms with E-state index in [4.69, 9.17) is 0 Å². The van der Waals surface area contributed by atoms with Crippen LogP contribution < -0.4 is 5.32 Å². The van der Waals surface area contributed by atoms with Crippen LogP contribution in [0.4, 0.5) is 0 Å². The van der Waals surface area contributed by atoms with Gasteiger partial charge in [-0.05, 0) is 82.8 Å². The van der Waals surface area contributed by atoms with Gasteiger partial charge in [-0.25, -0.2) is 4.98 Å². The van der Waals surface area contributed by atoms with Gasteiger partial charge in [-0.2, -0.15) is 0 Å². The Labute approximate surface area is 194 Å². The maximum Gasteiger partial charge on any atom is 0.0931 e. The molecule has 0 atom stereocenters. The van der Waals surface area contributed by atoms with Crippen LogP contribution in [0.5, 0.6) is 0 Å². The minimum absolute atomic E-state index is 0. The largest absolute Gasteiger partial charge is 0.345 e. The van der Waals surface area contributed by atoms with Crippen molar-refractivity contribution in [3.63, 3.8) is 0 Å². The maximum atomic E-state index is 4.32. The molecule has 1 fully saturated rings. The fourth-order valence-corrected chi connectivity index (χ4v) is 5.31. The van der Waals surface area contributed by atoms with Crippen molar-refractivity contribution in [2.45, 2.75) is 52.1 Å². The van der Waals surface area contributed by atoms with E-state index in [1.54, 1.807) is 6.33 Å². The molecule has 1 aliphatic carbocycles. The highest BCUT2D eigenvalue weighted by atomic mass is 35.5. The average molecular weight is 462 g/mol. The van der Waals surface area contributed by atoms with Crippen LogP contribution in [-0.2, 0) is 6.54 Å². The predicted molar refractivity (Wildman–Crippen MR) is 134 cm³/mol. The smallest absolute Gasteiger partial charge is 0.0931 e. The zero-order valence-corrected chi connectivity index (χ0v) is 19.9. The second kappa shape index (κ2) is 9.27. The van der Waals surface area contributed by atoms with E-state index in [9.17, 15) is 0 Å². The Morgan fingerprint density at radius 1 is 1.07 bits per heavy atom. The lowest BCUT2D eigenvalue weighted by molar-refractivity contribution is 0.206. The van der Waals surface area contributed by atoms with Crippen molar-refractivity contribution in [2.24, 2.45) is 5.41 Å². The molecular formula is C24H29Cl2N3S. The highest BCUT2D eigenvalue weighted by Crippen LogP contribution is 2.36. The van der Waals surface area contributed by atoms with Gasteiger partial charge in [0, 0.05) is 17.3 Å². The number of thiophene rings is 1. The molecule has 3 nitrogen and oxygen atoms in total. The van der Waals surface area contributed by atoms with Crippen LogP contribution >= 0.6 is 36.2 Å². The Hall–Kier alpha value is -1.59. The molecule has 6 heteroatoms. The summed E-state index contributed by atoms with van der Waals surface area (Å²) >= 11 is 1.85. The summed E-state index contributed by atoms with van der Waals surface area (Å²) in [4.78, 5) is 7.54. The van der Waals surface area contributed by atoms with E-state index >= 15 is 0 Å². The summed E-state index contributed by atoms with van der Waals surface area (Å²) in [6, 6.07) is 14.0. The number of H-pyrrole nitrogens is 1. The molecule has 5 rings (SSSR count). The molecule has 2 aromatic heterocycles. The van der Waals surface area contributed by atoms with Gasteiger partial charge in [0.15, 0.2) is 0 Å². The van der Waals surface area contributed by atoms with E-state index in [1.165, 1.54) is 52.5 Å². The average Bonchev–Trinajstić information content (AvgIpc) is 3.33. The summed E-state index contributed by atoms with van der Waals surface area (Å²) in [6.07, 6.45) is 7.01. The molecule has 2 heterocycles. The highest BCUT2D eigenvalue weighted by Gasteiger charge is 2.26. The quantitative estimate of drug-likeness (QED) is 0.333. The van der Waals surface area contributed by atoms with Crippen molar-refractivity contribution >= 4 is 57.3 Å². The summed E-state index contributed by atoms with van der Waals surface area (Å²) in [6.45, 7) is 5.77. The molecule has 1 saturated carbocycles. The van der Waals surface area contributed by atoms with Gasteiger partial charge >= 0.3 is 0 Å². The van der Waals surface area contributed by atoms with Gasteiger partial charge in [-0.3, -0.25) is 0 Å². The second-order valence-corrected chi connectivity index (χ2v) is 9.84. The zero-order chi connectivity index (χ0) is 19.1. The van der Waals surface area contributed by atoms with Crippen molar-refractivity contribution < 1.29 is 0 Å². The lowest BCUT2D eigenvalue weighted by atomic mass is 9.75. The monoisotopic (exact) mass is 461 g/mol. The summed E-state index contributed by atoms with van der Waals surface area (Å²) in [7, 11) is 0. The van der Waals surface area contributed by atoms with E-state index < -0.39 is 0 Å². The minimum atomic E-state index is 0. The van der Waals surface area contributed by atoms with E-state index in [2.05, 4.69) is 70.9 Å². The topological polar surface area (TPSA) is 40.7 Å². The number of nitrogens with one attached hydrogen (secondary N) is 2. The Bertz CT molecular complexity index is 1120. The number of aromatic nitrogens is 2. The van der Waals surface area contributed by atoms with Crippen LogP contribution in [0.25, 0.3) is 32.2 Å². The summed E-state index contributed by atoms with van der Waals surface area (Å²) in [5.74, 6) is 0. The Morgan fingerprint density at radius 2 is 1.80 bits per heavy atom. The molecule has 4 aromatic rings. The minimum Gasteiger partial charge on any atom is -0.345 e. The second-order valence-electron chi connectivity index (χ2n) is 8.93. The van der Waals surface area contributed by atoms with Gasteiger partial charge in [0.25, 0.3) is 0 Å². The van der Waals surface area contributed by atoms with Gasteiger partial charge < -0.3 is 10.3 Å². The van der Waals surface area contributed by atoms with E-state index in [0.717, 1.165) is 17.6 Å². The van der Waals surface area contributed by atoms with Crippen molar-refractivity contribution in [1.82, 2.24) is 15.3 Å². The fourth-order valence-electron chi connectivity index (χ4n) is 4.37.